The fourth-order valence-electron chi connectivity index (χ4n) is 2.17. The summed E-state index contributed by atoms with van der Waals surface area (Å²) in [7, 11) is 1.70. The second kappa shape index (κ2) is 5.99. The maximum atomic E-state index is 12.3. The van der Waals surface area contributed by atoms with Crippen molar-refractivity contribution in [1.29, 1.82) is 0 Å². The number of carbonyl (C=O) groups is 1. The lowest BCUT2D eigenvalue weighted by molar-refractivity contribution is 0.0938. The van der Waals surface area contributed by atoms with Gasteiger partial charge >= 0.3 is 0 Å². The van der Waals surface area contributed by atoms with Gasteiger partial charge in [-0.2, -0.15) is 4.80 Å². The first kappa shape index (κ1) is 14.9. The lowest BCUT2D eigenvalue weighted by Gasteiger charge is -2.11. The fraction of sp³-hybridized carbons (Fsp3) is 0.267. The Hall–Kier alpha value is -3.03. The van der Waals surface area contributed by atoms with E-state index in [0.717, 1.165) is 17.1 Å². The molecule has 8 nitrogen and oxygen atoms in total. The number of H-pyrrole nitrogens is 1. The maximum absolute atomic E-state index is 12.3. The Labute approximate surface area is 132 Å². The molecule has 0 fully saturated rings. The molecule has 23 heavy (non-hydrogen) atoms. The SMILES string of the molecule is Cc1cnc(C(C)NC(=O)c2ccc(-c3nnn(C)n3)cc2)[nH]1. The van der Waals surface area contributed by atoms with Gasteiger partial charge in [0, 0.05) is 23.0 Å². The number of hydrogen-bond donors (Lipinski definition) is 2. The highest BCUT2D eigenvalue weighted by Gasteiger charge is 2.14. The number of imidazole rings is 1. The number of benzene rings is 1. The molecule has 1 aromatic carbocycles. The average Bonchev–Trinajstić information content (AvgIpc) is 3.16. The molecule has 1 amide bonds. The summed E-state index contributed by atoms with van der Waals surface area (Å²) in [6.07, 6.45) is 1.74. The van der Waals surface area contributed by atoms with Gasteiger partial charge in [0.1, 0.15) is 5.82 Å². The lowest BCUT2D eigenvalue weighted by atomic mass is 10.1. The molecule has 0 saturated carbocycles. The first-order chi connectivity index (χ1) is 11.0. The van der Waals surface area contributed by atoms with Crippen LogP contribution in [0.2, 0.25) is 0 Å². The Kier molecular flexibility index (Phi) is 3.88. The topological polar surface area (TPSA) is 101 Å². The second-order valence-corrected chi connectivity index (χ2v) is 5.33. The summed E-state index contributed by atoms with van der Waals surface area (Å²) in [6.45, 7) is 3.80. The van der Waals surface area contributed by atoms with Crippen molar-refractivity contribution in [1.82, 2.24) is 35.5 Å². The van der Waals surface area contributed by atoms with E-state index in [4.69, 9.17) is 0 Å². The first-order valence-electron chi connectivity index (χ1n) is 7.20. The Morgan fingerprint density at radius 2 is 2.04 bits per heavy atom. The van der Waals surface area contributed by atoms with Gasteiger partial charge in [-0.3, -0.25) is 4.79 Å². The minimum absolute atomic E-state index is 0.162. The van der Waals surface area contributed by atoms with Crippen LogP contribution in [0.15, 0.2) is 30.5 Å². The predicted molar refractivity (Wildman–Crippen MR) is 83.4 cm³/mol. The molecule has 8 heteroatoms. The van der Waals surface area contributed by atoms with E-state index in [1.54, 1.807) is 37.5 Å². The summed E-state index contributed by atoms with van der Waals surface area (Å²) in [6, 6.07) is 6.88. The summed E-state index contributed by atoms with van der Waals surface area (Å²) in [4.78, 5) is 21.0. The van der Waals surface area contributed by atoms with Crippen LogP contribution in [0.4, 0.5) is 0 Å². The number of nitrogens with zero attached hydrogens (tertiary/aromatic N) is 5. The quantitative estimate of drug-likeness (QED) is 0.758. The number of tetrazole rings is 1. The highest BCUT2D eigenvalue weighted by molar-refractivity contribution is 5.94. The third-order valence-corrected chi connectivity index (χ3v) is 3.39. The molecule has 2 aromatic heterocycles. The van der Waals surface area contributed by atoms with Crippen LogP contribution in [0.5, 0.6) is 0 Å². The van der Waals surface area contributed by atoms with Crippen LogP contribution in [-0.2, 0) is 7.05 Å². The molecule has 1 unspecified atom stereocenters. The van der Waals surface area contributed by atoms with Crippen LogP contribution < -0.4 is 5.32 Å². The van der Waals surface area contributed by atoms with E-state index < -0.39 is 0 Å². The molecule has 2 heterocycles. The monoisotopic (exact) mass is 311 g/mol. The molecular weight excluding hydrogens is 294 g/mol. The lowest BCUT2D eigenvalue weighted by Crippen LogP contribution is -2.27. The molecule has 0 saturated heterocycles. The van der Waals surface area contributed by atoms with Crippen molar-refractivity contribution in [2.24, 2.45) is 7.05 Å². The Morgan fingerprint density at radius 3 is 2.61 bits per heavy atom. The standard InChI is InChI=1S/C15H17N7O/c1-9-8-16-13(17-9)10(2)18-15(23)12-6-4-11(5-7-12)14-19-21-22(3)20-14/h4-8,10H,1-3H3,(H,16,17)(H,18,23). The first-order valence-corrected chi connectivity index (χ1v) is 7.20. The van der Waals surface area contributed by atoms with Gasteiger partial charge in [0.25, 0.3) is 5.91 Å². The normalized spacial score (nSPS) is 12.1. The van der Waals surface area contributed by atoms with Crippen LogP contribution in [-0.4, -0.2) is 36.1 Å². The van der Waals surface area contributed by atoms with E-state index in [2.05, 4.69) is 30.7 Å². The van der Waals surface area contributed by atoms with Gasteiger partial charge in [-0.1, -0.05) is 12.1 Å². The van der Waals surface area contributed by atoms with Gasteiger partial charge in [0.05, 0.1) is 13.1 Å². The van der Waals surface area contributed by atoms with E-state index in [9.17, 15) is 4.79 Å². The van der Waals surface area contributed by atoms with Crippen molar-refractivity contribution in [3.63, 3.8) is 0 Å². The number of nitrogens with one attached hydrogen (secondary N) is 2. The van der Waals surface area contributed by atoms with Gasteiger partial charge in [-0.25, -0.2) is 4.98 Å². The number of aromatic nitrogens is 6. The fourth-order valence-corrected chi connectivity index (χ4v) is 2.17. The number of aromatic amines is 1. The van der Waals surface area contributed by atoms with Crippen LogP contribution >= 0.6 is 0 Å². The van der Waals surface area contributed by atoms with Gasteiger partial charge in [-0.15, -0.1) is 10.2 Å². The Bertz CT molecular complexity index is 818. The number of carbonyl (C=O) groups excluding carboxylic acids is 1. The summed E-state index contributed by atoms with van der Waals surface area (Å²) < 4.78 is 0. The third-order valence-electron chi connectivity index (χ3n) is 3.39. The van der Waals surface area contributed by atoms with Crippen molar-refractivity contribution >= 4 is 5.91 Å². The number of rotatable bonds is 4. The molecule has 1 atom stereocenters. The molecule has 0 bridgehead atoms. The van der Waals surface area contributed by atoms with E-state index in [-0.39, 0.29) is 11.9 Å². The van der Waals surface area contributed by atoms with Crippen LogP contribution in [0.1, 0.15) is 34.8 Å². The minimum Gasteiger partial charge on any atom is -0.344 e. The predicted octanol–water partition coefficient (Wildman–Crippen LogP) is 1.40. The van der Waals surface area contributed by atoms with E-state index >= 15 is 0 Å². The summed E-state index contributed by atoms with van der Waals surface area (Å²) in [5.41, 5.74) is 2.33. The van der Waals surface area contributed by atoms with Gasteiger partial charge in [0.2, 0.25) is 5.82 Å². The average molecular weight is 311 g/mol. The number of amides is 1. The molecule has 0 aliphatic heterocycles. The molecule has 0 aliphatic rings. The summed E-state index contributed by atoms with van der Waals surface area (Å²) >= 11 is 0. The molecule has 3 aromatic rings. The van der Waals surface area contributed by atoms with Crippen molar-refractivity contribution in [3.8, 4) is 11.4 Å². The van der Waals surface area contributed by atoms with Crippen molar-refractivity contribution in [2.45, 2.75) is 19.9 Å². The highest BCUT2D eigenvalue weighted by Crippen LogP contribution is 2.15. The van der Waals surface area contributed by atoms with Gasteiger partial charge < -0.3 is 10.3 Å². The minimum atomic E-state index is -0.197. The molecule has 0 radical (unpaired) electrons. The smallest absolute Gasteiger partial charge is 0.251 e. The Morgan fingerprint density at radius 1 is 1.30 bits per heavy atom. The van der Waals surface area contributed by atoms with Gasteiger partial charge in [-0.05, 0) is 31.2 Å². The molecule has 3 rings (SSSR count). The highest BCUT2D eigenvalue weighted by atomic mass is 16.1. The largest absolute Gasteiger partial charge is 0.344 e. The molecule has 0 aliphatic carbocycles. The van der Waals surface area contributed by atoms with Gasteiger partial charge in [0.15, 0.2) is 0 Å². The van der Waals surface area contributed by atoms with Crippen molar-refractivity contribution in [3.05, 3.63) is 47.5 Å². The van der Waals surface area contributed by atoms with Crippen LogP contribution in [0, 0.1) is 6.92 Å². The Balaban J connectivity index is 1.70. The zero-order valence-corrected chi connectivity index (χ0v) is 13.1. The van der Waals surface area contributed by atoms with Crippen molar-refractivity contribution < 1.29 is 4.79 Å². The summed E-state index contributed by atoms with van der Waals surface area (Å²) in [5, 5.41) is 14.8. The van der Waals surface area contributed by atoms with E-state index in [1.807, 2.05) is 13.8 Å². The zero-order chi connectivity index (χ0) is 16.4. The third kappa shape index (κ3) is 3.25. The molecule has 118 valence electrons. The van der Waals surface area contributed by atoms with Crippen LogP contribution in [0.3, 0.4) is 0 Å². The maximum Gasteiger partial charge on any atom is 0.251 e. The van der Waals surface area contributed by atoms with E-state index in [0.29, 0.717) is 11.4 Å². The molecule has 0 spiro atoms. The van der Waals surface area contributed by atoms with Crippen LogP contribution in [0.25, 0.3) is 11.4 Å². The number of hydrogen-bond acceptors (Lipinski definition) is 5. The summed E-state index contributed by atoms with van der Waals surface area (Å²) in [5.74, 6) is 1.10. The second-order valence-electron chi connectivity index (χ2n) is 5.33. The zero-order valence-electron chi connectivity index (χ0n) is 13.1. The van der Waals surface area contributed by atoms with Crippen molar-refractivity contribution in [2.75, 3.05) is 0 Å². The molecule has 2 N–H and O–H groups in total. The van der Waals surface area contributed by atoms with E-state index in [1.165, 1.54) is 4.80 Å². The number of aryl methyl sites for hydroxylation is 2. The molecular formula is C15H17N7O.